The molecule has 84 valence electrons. The van der Waals surface area contributed by atoms with E-state index >= 15 is 0 Å². The zero-order chi connectivity index (χ0) is 11.7. The fourth-order valence-electron chi connectivity index (χ4n) is 0.718. The highest BCUT2D eigenvalue weighted by atomic mass is 35.7. The van der Waals surface area contributed by atoms with Crippen LogP contribution in [-0.4, -0.2) is 0 Å². The highest BCUT2D eigenvalue weighted by Gasteiger charge is 1.89. The normalized spacial score (nSPS) is 11.0. The van der Waals surface area contributed by atoms with Crippen LogP contribution in [0.15, 0.2) is 42.2 Å². The SMILES string of the molecule is Cl/C=C/C[n+]1ccccc1.[O-][Cl+3]([O-])([O-])[O-]. The van der Waals surface area contributed by atoms with Gasteiger partial charge in [0.2, 0.25) is 0 Å². The molecule has 0 N–H and O–H groups in total. The third-order valence-electron chi connectivity index (χ3n) is 1.18. The number of aromatic nitrogens is 1. The van der Waals surface area contributed by atoms with Crippen LogP contribution < -0.4 is 23.2 Å². The summed E-state index contributed by atoms with van der Waals surface area (Å²) >= 11 is 5.36. The van der Waals surface area contributed by atoms with Gasteiger partial charge in [-0.2, -0.15) is 0 Å². The van der Waals surface area contributed by atoms with Gasteiger partial charge in [0.25, 0.3) is 0 Å². The molecule has 0 spiro atoms. The number of halogens is 2. The summed E-state index contributed by atoms with van der Waals surface area (Å²) < 4.78 is 36.0. The summed E-state index contributed by atoms with van der Waals surface area (Å²) in [5.41, 5.74) is 1.53. The first kappa shape index (κ1) is 14.3. The Kier molecular flexibility index (Phi) is 7.23. The maximum atomic E-state index is 8.49. The van der Waals surface area contributed by atoms with Crippen molar-refractivity contribution in [2.75, 3.05) is 0 Å². The zero-order valence-corrected chi connectivity index (χ0v) is 9.10. The number of nitrogens with zero attached hydrogens (tertiary/aromatic N) is 1. The van der Waals surface area contributed by atoms with Crippen LogP contribution in [-0.2, 0) is 6.54 Å². The van der Waals surface area contributed by atoms with Crippen molar-refractivity contribution in [3.63, 3.8) is 0 Å². The summed E-state index contributed by atoms with van der Waals surface area (Å²) in [5, 5.41) is 0. The lowest BCUT2D eigenvalue weighted by Gasteiger charge is -2.17. The molecule has 5 nitrogen and oxygen atoms in total. The lowest BCUT2D eigenvalue weighted by atomic mass is 10.5. The Balaban J connectivity index is 0.000000336. The first-order chi connectivity index (χ1) is 6.93. The molecule has 0 aliphatic rings. The van der Waals surface area contributed by atoms with E-state index in [1.165, 1.54) is 5.54 Å². The lowest BCUT2D eigenvalue weighted by Crippen LogP contribution is -2.68. The summed E-state index contributed by atoms with van der Waals surface area (Å²) in [5.74, 6) is 0. The van der Waals surface area contributed by atoms with Crippen molar-refractivity contribution in [1.29, 1.82) is 0 Å². The molecule has 1 rings (SSSR count). The molecule has 0 atom stereocenters. The molecule has 0 amide bonds. The Labute approximate surface area is 94.2 Å². The van der Waals surface area contributed by atoms with Crippen LogP contribution >= 0.6 is 11.6 Å². The molecule has 0 bridgehead atoms. The molecule has 0 fully saturated rings. The van der Waals surface area contributed by atoms with E-state index < -0.39 is 10.2 Å². The van der Waals surface area contributed by atoms with E-state index in [0.29, 0.717) is 0 Å². The first-order valence-corrected chi connectivity index (χ1v) is 5.41. The molecule has 1 aromatic heterocycles. The monoisotopic (exact) mass is 253 g/mol. The van der Waals surface area contributed by atoms with Crippen LogP contribution in [0.5, 0.6) is 0 Å². The van der Waals surface area contributed by atoms with Crippen molar-refractivity contribution in [2.24, 2.45) is 0 Å². The minimum Gasteiger partial charge on any atom is -0.222 e. The van der Waals surface area contributed by atoms with Crippen LogP contribution in [0, 0.1) is 10.2 Å². The van der Waals surface area contributed by atoms with Gasteiger partial charge in [-0.05, 0) is 6.08 Å². The molecule has 0 aromatic carbocycles. The fourth-order valence-corrected chi connectivity index (χ4v) is 0.797. The second-order valence-electron chi connectivity index (χ2n) is 2.31. The molecule has 0 saturated heterocycles. The van der Waals surface area contributed by atoms with Gasteiger partial charge in [-0.1, -0.05) is 17.7 Å². The van der Waals surface area contributed by atoms with Crippen molar-refractivity contribution < 1.29 is 33.4 Å². The fraction of sp³-hybridized carbons (Fsp3) is 0.125. The Morgan fingerprint density at radius 2 is 1.53 bits per heavy atom. The maximum Gasteiger partial charge on any atom is 0.169 e. The van der Waals surface area contributed by atoms with Crippen molar-refractivity contribution in [3.8, 4) is 0 Å². The molecule has 0 aliphatic carbocycles. The van der Waals surface area contributed by atoms with Gasteiger partial charge in [0, 0.05) is 17.7 Å². The number of pyridine rings is 1. The molecule has 0 saturated carbocycles. The Morgan fingerprint density at radius 3 is 1.93 bits per heavy atom. The van der Waals surface area contributed by atoms with E-state index in [1.54, 1.807) is 0 Å². The van der Waals surface area contributed by atoms with Crippen LogP contribution in [0.3, 0.4) is 0 Å². The average Bonchev–Trinajstić information content (AvgIpc) is 2.14. The van der Waals surface area contributed by atoms with Gasteiger partial charge in [-0.3, -0.25) is 0 Å². The number of allylic oxidation sites excluding steroid dienone is 1. The molecule has 7 heteroatoms. The summed E-state index contributed by atoms with van der Waals surface area (Å²) in [6.07, 6.45) is 5.88. The van der Waals surface area contributed by atoms with Gasteiger partial charge in [0.05, 0.1) is 0 Å². The van der Waals surface area contributed by atoms with Crippen LogP contribution in [0.25, 0.3) is 0 Å². The Bertz CT molecular complexity index is 280. The minimum absolute atomic E-state index is 0.838. The minimum atomic E-state index is -4.94. The second-order valence-corrected chi connectivity index (χ2v) is 3.32. The van der Waals surface area contributed by atoms with E-state index in [-0.39, 0.29) is 0 Å². The molecule has 1 heterocycles. The number of hydrogen-bond donors (Lipinski definition) is 0. The highest BCUT2D eigenvalue weighted by Crippen LogP contribution is 1.80. The second kappa shape index (κ2) is 7.58. The Hall–Kier alpha value is -0.690. The predicted molar refractivity (Wildman–Crippen MR) is 41.6 cm³/mol. The summed E-state index contributed by atoms with van der Waals surface area (Å²) in [6.45, 7) is 0.838. The third-order valence-corrected chi connectivity index (χ3v) is 1.36. The topological polar surface area (TPSA) is 96.1 Å². The maximum absolute atomic E-state index is 8.49. The van der Waals surface area contributed by atoms with Crippen LogP contribution in [0.1, 0.15) is 0 Å². The number of hydrogen-bond acceptors (Lipinski definition) is 4. The van der Waals surface area contributed by atoms with Gasteiger partial charge in [-0.15, -0.1) is 10.2 Å². The van der Waals surface area contributed by atoms with Crippen LogP contribution in [0.4, 0.5) is 0 Å². The summed E-state index contributed by atoms with van der Waals surface area (Å²) in [4.78, 5) is 0. The lowest BCUT2D eigenvalue weighted by molar-refractivity contribution is -2.00. The van der Waals surface area contributed by atoms with Gasteiger partial charge < -0.3 is 0 Å². The summed E-state index contributed by atoms with van der Waals surface area (Å²) in [7, 11) is -4.94. The standard InChI is InChI=1S/C8H9ClN.ClHO4/c9-5-4-8-10-6-2-1-3-7-10;2-1(3,4)5/h1-7H,8H2;(H,2,3,4,5)/q+1;/p-1/b5-4+;. The molecule has 0 unspecified atom stereocenters. The smallest absolute Gasteiger partial charge is 0.169 e. The van der Waals surface area contributed by atoms with E-state index in [1.807, 2.05) is 41.2 Å². The van der Waals surface area contributed by atoms with Crippen molar-refractivity contribution in [3.05, 3.63) is 42.2 Å². The van der Waals surface area contributed by atoms with E-state index in [4.69, 9.17) is 30.2 Å². The molecule has 15 heavy (non-hydrogen) atoms. The van der Waals surface area contributed by atoms with Gasteiger partial charge in [0.15, 0.2) is 18.9 Å². The molecular formula is C8H9Cl2NO4. The van der Waals surface area contributed by atoms with Gasteiger partial charge in [0.1, 0.15) is 0 Å². The quantitative estimate of drug-likeness (QED) is 0.524. The largest absolute Gasteiger partial charge is 0.222 e. The van der Waals surface area contributed by atoms with Gasteiger partial charge in [-0.25, -0.2) is 23.2 Å². The molecular weight excluding hydrogens is 245 g/mol. The van der Waals surface area contributed by atoms with E-state index in [0.717, 1.165) is 6.54 Å². The summed E-state index contributed by atoms with van der Waals surface area (Å²) in [6, 6.07) is 5.96. The van der Waals surface area contributed by atoms with Crippen molar-refractivity contribution in [1.82, 2.24) is 0 Å². The zero-order valence-electron chi connectivity index (χ0n) is 7.58. The molecule has 0 radical (unpaired) electrons. The number of rotatable bonds is 2. The van der Waals surface area contributed by atoms with Crippen LogP contribution in [0.2, 0.25) is 0 Å². The van der Waals surface area contributed by atoms with E-state index in [9.17, 15) is 0 Å². The van der Waals surface area contributed by atoms with Crippen molar-refractivity contribution in [2.45, 2.75) is 6.54 Å². The highest BCUT2D eigenvalue weighted by molar-refractivity contribution is 6.25. The average molecular weight is 254 g/mol. The Morgan fingerprint density at radius 1 is 1.07 bits per heavy atom. The third kappa shape index (κ3) is 13.3. The van der Waals surface area contributed by atoms with Gasteiger partial charge >= 0.3 is 0 Å². The predicted octanol–water partition coefficient (Wildman–Crippen LogP) is -3.03. The first-order valence-electron chi connectivity index (χ1n) is 3.74. The van der Waals surface area contributed by atoms with Crippen molar-refractivity contribution >= 4 is 11.6 Å². The molecule has 0 aliphatic heterocycles. The molecule has 1 aromatic rings. The van der Waals surface area contributed by atoms with E-state index in [2.05, 4.69) is 0 Å².